The van der Waals surface area contributed by atoms with Gasteiger partial charge in [0.05, 0.1) is 11.1 Å². The molecule has 0 bridgehead atoms. The van der Waals surface area contributed by atoms with E-state index in [0.29, 0.717) is 30.8 Å². The van der Waals surface area contributed by atoms with Crippen LogP contribution in [0, 0.1) is 11.6 Å². The second-order valence-electron chi connectivity index (χ2n) is 6.04. The Morgan fingerprint density at radius 1 is 0.857 bits per heavy atom. The predicted molar refractivity (Wildman–Crippen MR) is 90.7 cm³/mol. The quantitative estimate of drug-likeness (QED) is 0.463. The fourth-order valence-electron chi connectivity index (χ4n) is 2.56. The number of carbonyl (C=O) groups is 1. The second kappa shape index (κ2) is 7.84. The average Bonchev–Trinajstić information content (AvgIpc) is 2.67. The first-order valence-electron chi connectivity index (χ1n) is 8.21. The van der Waals surface area contributed by atoms with Gasteiger partial charge in [-0.2, -0.15) is 13.2 Å². The molecular weight excluding hydrogens is 379 g/mol. The predicted octanol–water partition coefficient (Wildman–Crippen LogP) is 4.79. The number of ketones is 1. The molecule has 0 radical (unpaired) electrons. The highest BCUT2D eigenvalue weighted by atomic mass is 19.4. The SMILES string of the molecule is O=C(c1cnc(CCc2ccc(F)cc2)nc1)c1ccc(F)c(C(F)(F)F)c1. The molecule has 2 aromatic carbocycles. The van der Waals surface area contributed by atoms with Gasteiger partial charge in [0.15, 0.2) is 5.78 Å². The summed E-state index contributed by atoms with van der Waals surface area (Å²) in [5.74, 6) is -2.10. The molecule has 0 aliphatic heterocycles. The van der Waals surface area contributed by atoms with Crippen LogP contribution in [0.15, 0.2) is 54.9 Å². The van der Waals surface area contributed by atoms with E-state index < -0.39 is 23.3 Å². The molecule has 0 spiro atoms. The number of aryl methyl sites for hydroxylation is 2. The monoisotopic (exact) mass is 392 g/mol. The topological polar surface area (TPSA) is 42.9 Å². The Morgan fingerprint density at radius 2 is 1.50 bits per heavy atom. The van der Waals surface area contributed by atoms with Crippen molar-refractivity contribution in [3.63, 3.8) is 0 Å². The summed E-state index contributed by atoms with van der Waals surface area (Å²) in [5.41, 5.74) is -0.937. The van der Waals surface area contributed by atoms with Gasteiger partial charge in [-0.15, -0.1) is 0 Å². The van der Waals surface area contributed by atoms with Gasteiger partial charge < -0.3 is 0 Å². The molecule has 0 saturated carbocycles. The number of hydrogen-bond donors (Lipinski definition) is 0. The van der Waals surface area contributed by atoms with Crippen molar-refractivity contribution >= 4 is 5.78 Å². The van der Waals surface area contributed by atoms with E-state index >= 15 is 0 Å². The summed E-state index contributed by atoms with van der Waals surface area (Å²) in [6.07, 6.45) is -1.48. The molecule has 0 N–H and O–H groups in total. The molecular formula is C20H13F5N2O. The maximum Gasteiger partial charge on any atom is 0.419 e. The highest BCUT2D eigenvalue weighted by Gasteiger charge is 2.34. The maximum atomic E-state index is 13.4. The zero-order valence-electron chi connectivity index (χ0n) is 14.3. The van der Waals surface area contributed by atoms with E-state index in [1.807, 2.05) is 0 Å². The molecule has 1 heterocycles. The number of aromatic nitrogens is 2. The Bertz CT molecular complexity index is 983. The van der Waals surface area contributed by atoms with Crippen LogP contribution in [-0.2, 0) is 19.0 Å². The Labute approximate surface area is 156 Å². The van der Waals surface area contributed by atoms with Gasteiger partial charge in [-0.1, -0.05) is 12.1 Å². The van der Waals surface area contributed by atoms with E-state index in [-0.39, 0.29) is 16.9 Å². The molecule has 0 unspecified atom stereocenters. The summed E-state index contributed by atoms with van der Waals surface area (Å²) < 4.78 is 64.6. The molecule has 0 aliphatic carbocycles. The summed E-state index contributed by atoms with van der Waals surface area (Å²) in [6, 6.07) is 8.02. The lowest BCUT2D eigenvalue weighted by molar-refractivity contribution is -0.140. The minimum atomic E-state index is -4.90. The molecule has 0 atom stereocenters. The first-order chi connectivity index (χ1) is 13.2. The largest absolute Gasteiger partial charge is 0.419 e. The van der Waals surface area contributed by atoms with Crippen LogP contribution in [0.3, 0.4) is 0 Å². The lowest BCUT2D eigenvalue weighted by Crippen LogP contribution is -2.11. The van der Waals surface area contributed by atoms with Crippen LogP contribution in [0.2, 0.25) is 0 Å². The van der Waals surface area contributed by atoms with E-state index in [4.69, 9.17) is 0 Å². The molecule has 8 heteroatoms. The van der Waals surface area contributed by atoms with Crippen molar-refractivity contribution in [3.05, 3.63) is 94.6 Å². The van der Waals surface area contributed by atoms with Gasteiger partial charge in [0.1, 0.15) is 17.5 Å². The van der Waals surface area contributed by atoms with E-state index in [2.05, 4.69) is 9.97 Å². The number of halogens is 5. The van der Waals surface area contributed by atoms with Gasteiger partial charge in [0.2, 0.25) is 0 Å². The van der Waals surface area contributed by atoms with Crippen LogP contribution in [0.1, 0.15) is 32.9 Å². The molecule has 3 rings (SSSR count). The van der Waals surface area contributed by atoms with Crippen LogP contribution in [0.5, 0.6) is 0 Å². The molecule has 3 nitrogen and oxygen atoms in total. The van der Waals surface area contributed by atoms with Crippen molar-refractivity contribution in [2.45, 2.75) is 19.0 Å². The normalized spacial score (nSPS) is 11.5. The zero-order valence-corrected chi connectivity index (χ0v) is 14.3. The van der Waals surface area contributed by atoms with Crippen molar-refractivity contribution in [2.75, 3.05) is 0 Å². The fourth-order valence-corrected chi connectivity index (χ4v) is 2.56. The van der Waals surface area contributed by atoms with Crippen molar-refractivity contribution in [1.29, 1.82) is 0 Å². The summed E-state index contributed by atoms with van der Waals surface area (Å²) in [4.78, 5) is 20.4. The first-order valence-corrected chi connectivity index (χ1v) is 8.21. The van der Waals surface area contributed by atoms with Crippen LogP contribution >= 0.6 is 0 Å². The van der Waals surface area contributed by atoms with Gasteiger partial charge in [0.25, 0.3) is 0 Å². The number of rotatable bonds is 5. The number of benzene rings is 2. The third-order valence-electron chi connectivity index (χ3n) is 4.05. The summed E-state index contributed by atoms with van der Waals surface area (Å²) in [6.45, 7) is 0. The van der Waals surface area contributed by atoms with Crippen LogP contribution in [0.4, 0.5) is 22.0 Å². The van der Waals surface area contributed by atoms with Crippen molar-refractivity contribution in [1.82, 2.24) is 9.97 Å². The Hall–Kier alpha value is -3.16. The third-order valence-corrected chi connectivity index (χ3v) is 4.05. The molecule has 144 valence electrons. The number of carbonyl (C=O) groups excluding carboxylic acids is 1. The zero-order chi connectivity index (χ0) is 20.3. The number of alkyl halides is 3. The second-order valence-corrected chi connectivity index (χ2v) is 6.04. The van der Waals surface area contributed by atoms with Gasteiger partial charge in [-0.3, -0.25) is 4.79 Å². The first kappa shape index (κ1) is 19.6. The smallest absolute Gasteiger partial charge is 0.288 e. The molecule has 0 amide bonds. The van der Waals surface area contributed by atoms with Crippen LogP contribution in [0.25, 0.3) is 0 Å². The van der Waals surface area contributed by atoms with Gasteiger partial charge >= 0.3 is 6.18 Å². The molecule has 28 heavy (non-hydrogen) atoms. The molecule has 0 saturated heterocycles. The van der Waals surface area contributed by atoms with E-state index in [9.17, 15) is 26.7 Å². The molecule has 0 aliphatic rings. The minimum Gasteiger partial charge on any atom is -0.288 e. The molecule has 3 aromatic rings. The lowest BCUT2D eigenvalue weighted by atomic mass is 10.0. The van der Waals surface area contributed by atoms with Gasteiger partial charge in [0, 0.05) is 24.4 Å². The van der Waals surface area contributed by atoms with E-state index in [0.717, 1.165) is 11.6 Å². The summed E-state index contributed by atoms with van der Waals surface area (Å²) >= 11 is 0. The van der Waals surface area contributed by atoms with Crippen molar-refractivity contribution in [3.8, 4) is 0 Å². The Morgan fingerprint density at radius 3 is 2.11 bits per heavy atom. The minimum absolute atomic E-state index is 0.00901. The van der Waals surface area contributed by atoms with Gasteiger partial charge in [-0.25, -0.2) is 18.7 Å². The van der Waals surface area contributed by atoms with Crippen molar-refractivity contribution in [2.24, 2.45) is 0 Å². The molecule has 1 aromatic heterocycles. The third kappa shape index (κ3) is 4.57. The Balaban J connectivity index is 1.72. The van der Waals surface area contributed by atoms with Crippen molar-refractivity contribution < 1.29 is 26.7 Å². The summed E-state index contributed by atoms with van der Waals surface area (Å²) in [7, 11) is 0. The summed E-state index contributed by atoms with van der Waals surface area (Å²) in [5, 5.41) is 0. The maximum absolute atomic E-state index is 13.4. The van der Waals surface area contributed by atoms with Crippen LogP contribution in [-0.4, -0.2) is 15.8 Å². The number of hydrogen-bond acceptors (Lipinski definition) is 3. The highest BCUT2D eigenvalue weighted by molar-refractivity contribution is 6.08. The van der Waals surface area contributed by atoms with E-state index in [1.165, 1.54) is 24.5 Å². The highest BCUT2D eigenvalue weighted by Crippen LogP contribution is 2.32. The average molecular weight is 392 g/mol. The lowest BCUT2D eigenvalue weighted by Gasteiger charge is -2.09. The van der Waals surface area contributed by atoms with Crippen LogP contribution < -0.4 is 0 Å². The van der Waals surface area contributed by atoms with Gasteiger partial charge in [-0.05, 0) is 42.3 Å². The molecule has 0 fully saturated rings. The van der Waals surface area contributed by atoms with E-state index in [1.54, 1.807) is 12.1 Å². The fraction of sp³-hybridized carbons (Fsp3) is 0.150. The Kier molecular flexibility index (Phi) is 5.48. The standard InChI is InChI=1S/C20H13F5N2O/c21-15-5-1-12(2-6-15)3-8-18-26-10-14(11-27-18)19(28)13-4-7-17(22)16(9-13)20(23,24)25/h1-2,4-7,9-11H,3,8H2. The number of nitrogens with zero attached hydrogens (tertiary/aromatic N) is 2.